The van der Waals surface area contributed by atoms with E-state index < -0.39 is 7.82 Å². The van der Waals surface area contributed by atoms with Gasteiger partial charge >= 0.3 is 7.82 Å². The first-order valence-electron chi connectivity index (χ1n) is 10.8. The first-order valence-corrected chi connectivity index (χ1v) is 12.3. The van der Waals surface area contributed by atoms with Crippen LogP contribution in [-0.4, -0.2) is 19.8 Å². The predicted octanol–water partition coefficient (Wildman–Crippen LogP) is 7.83. The second kappa shape index (κ2) is 19.6. The smallest absolute Gasteiger partial charge is 0.287 e. The number of allylic oxidation sites excluding steroid dienone is 1. The Morgan fingerprint density at radius 3 is 1.54 bits per heavy atom. The highest BCUT2D eigenvalue weighted by Gasteiger charge is 2.25. The minimum Gasteiger partial charge on any atom is -0.287 e. The zero-order chi connectivity index (χ0) is 19.3. The lowest BCUT2D eigenvalue weighted by Crippen LogP contribution is -2.04. The van der Waals surface area contributed by atoms with Crippen molar-refractivity contribution in [2.24, 2.45) is 0 Å². The van der Waals surface area contributed by atoms with Gasteiger partial charge in [0.15, 0.2) is 0 Å². The van der Waals surface area contributed by atoms with Crippen LogP contribution in [0.4, 0.5) is 0 Å². The molecule has 0 N–H and O–H groups in total. The van der Waals surface area contributed by atoms with Crippen LogP contribution in [-0.2, 0) is 18.1 Å². The van der Waals surface area contributed by atoms with E-state index in [0.29, 0.717) is 19.8 Å². The molecule has 0 spiro atoms. The quantitative estimate of drug-likeness (QED) is 0.121. The molecule has 0 heterocycles. The van der Waals surface area contributed by atoms with Crippen molar-refractivity contribution < 1.29 is 18.1 Å². The molecule has 0 aromatic heterocycles. The molecule has 0 atom stereocenters. The molecule has 5 heteroatoms. The van der Waals surface area contributed by atoms with Crippen LogP contribution in [0.25, 0.3) is 0 Å². The lowest BCUT2D eigenvalue weighted by atomic mass is 10.1. The van der Waals surface area contributed by atoms with Crippen LogP contribution in [0.3, 0.4) is 0 Å². The van der Waals surface area contributed by atoms with Gasteiger partial charge in [-0.1, -0.05) is 90.2 Å². The highest BCUT2D eigenvalue weighted by Crippen LogP contribution is 2.49. The first kappa shape index (κ1) is 25.9. The van der Waals surface area contributed by atoms with E-state index in [4.69, 9.17) is 13.6 Å². The Morgan fingerprint density at radius 2 is 1.08 bits per heavy atom. The van der Waals surface area contributed by atoms with Gasteiger partial charge in [0.05, 0.1) is 19.8 Å². The molecule has 0 saturated heterocycles. The van der Waals surface area contributed by atoms with Crippen LogP contribution < -0.4 is 0 Å². The van der Waals surface area contributed by atoms with E-state index in [-0.39, 0.29) is 0 Å². The van der Waals surface area contributed by atoms with Crippen LogP contribution in [0, 0.1) is 0 Å². The number of hydrogen-bond donors (Lipinski definition) is 0. The van der Waals surface area contributed by atoms with Crippen LogP contribution in [0.1, 0.15) is 104 Å². The lowest BCUT2D eigenvalue weighted by molar-refractivity contribution is 0.111. The topological polar surface area (TPSA) is 44.8 Å². The Balaban J connectivity index is 4.02. The fourth-order valence-corrected chi connectivity index (χ4v) is 3.89. The second-order valence-electron chi connectivity index (χ2n) is 6.84. The molecule has 0 aromatic rings. The van der Waals surface area contributed by atoms with Gasteiger partial charge in [0.25, 0.3) is 0 Å². The third-order valence-corrected chi connectivity index (χ3v) is 5.76. The summed E-state index contributed by atoms with van der Waals surface area (Å²) in [6.45, 7) is 7.66. The third-order valence-electron chi connectivity index (χ3n) is 4.26. The summed E-state index contributed by atoms with van der Waals surface area (Å²) in [7, 11) is -3.42. The molecular weight excluding hydrogens is 347 g/mol. The van der Waals surface area contributed by atoms with Crippen LogP contribution >= 0.6 is 7.82 Å². The zero-order valence-electron chi connectivity index (χ0n) is 17.5. The van der Waals surface area contributed by atoms with Crippen molar-refractivity contribution in [3.05, 3.63) is 12.2 Å². The molecule has 26 heavy (non-hydrogen) atoms. The second-order valence-corrected chi connectivity index (χ2v) is 8.51. The van der Waals surface area contributed by atoms with Gasteiger partial charge in [-0.25, -0.2) is 4.57 Å². The van der Waals surface area contributed by atoms with Crippen molar-refractivity contribution in [2.45, 2.75) is 104 Å². The maximum Gasteiger partial charge on any atom is 0.474 e. The van der Waals surface area contributed by atoms with Gasteiger partial charge in [-0.05, 0) is 26.2 Å². The lowest BCUT2D eigenvalue weighted by Gasteiger charge is -2.18. The van der Waals surface area contributed by atoms with E-state index in [9.17, 15) is 4.57 Å². The molecule has 0 aliphatic carbocycles. The van der Waals surface area contributed by atoms with Gasteiger partial charge < -0.3 is 0 Å². The van der Waals surface area contributed by atoms with Crippen molar-refractivity contribution >= 4 is 7.82 Å². The van der Waals surface area contributed by atoms with E-state index in [1.807, 2.05) is 19.1 Å². The SMILES string of the molecule is C/C=C/CCOP(=O)(OCCCCCCCC)OCCCCCCCC. The Bertz CT molecular complexity index is 336. The van der Waals surface area contributed by atoms with Gasteiger partial charge in [-0.15, -0.1) is 0 Å². The molecule has 0 bridgehead atoms. The maximum atomic E-state index is 12.8. The van der Waals surface area contributed by atoms with E-state index in [0.717, 1.165) is 32.1 Å². The van der Waals surface area contributed by atoms with Crippen LogP contribution in [0.5, 0.6) is 0 Å². The number of phosphoric ester groups is 1. The van der Waals surface area contributed by atoms with Gasteiger partial charge in [-0.3, -0.25) is 13.6 Å². The molecule has 0 unspecified atom stereocenters. The molecule has 0 saturated carbocycles. The molecule has 4 nitrogen and oxygen atoms in total. The monoisotopic (exact) mass is 390 g/mol. The number of phosphoric acid groups is 1. The van der Waals surface area contributed by atoms with E-state index in [2.05, 4.69) is 13.8 Å². The summed E-state index contributed by atoms with van der Waals surface area (Å²) in [5.74, 6) is 0. The summed E-state index contributed by atoms with van der Waals surface area (Å²) in [5, 5.41) is 0. The number of hydrogen-bond acceptors (Lipinski definition) is 4. The van der Waals surface area contributed by atoms with E-state index in [1.54, 1.807) is 0 Å². The summed E-state index contributed by atoms with van der Waals surface area (Å²) in [6.07, 6.45) is 18.7. The summed E-state index contributed by atoms with van der Waals surface area (Å²) in [5.41, 5.74) is 0. The summed E-state index contributed by atoms with van der Waals surface area (Å²) in [4.78, 5) is 0. The summed E-state index contributed by atoms with van der Waals surface area (Å²) >= 11 is 0. The molecule has 0 fully saturated rings. The molecule has 156 valence electrons. The van der Waals surface area contributed by atoms with Gasteiger partial charge in [0, 0.05) is 0 Å². The minimum atomic E-state index is -3.42. The molecule has 0 radical (unpaired) electrons. The highest BCUT2D eigenvalue weighted by molar-refractivity contribution is 7.48. The molecular formula is C21H43O4P. The summed E-state index contributed by atoms with van der Waals surface area (Å²) in [6, 6.07) is 0. The minimum absolute atomic E-state index is 0.370. The molecule has 0 aliphatic rings. The Kier molecular flexibility index (Phi) is 19.5. The van der Waals surface area contributed by atoms with Crippen LogP contribution in [0.15, 0.2) is 12.2 Å². The standard InChI is InChI=1S/C21H43O4P/c1-4-7-10-12-14-17-20-24-26(22,23-19-16-9-6-3)25-21-18-15-13-11-8-5-2/h6,9H,4-5,7-8,10-21H2,1-3H3/b9-6+. The average molecular weight is 391 g/mol. The maximum absolute atomic E-state index is 12.8. The molecule has 0 rings (SSSR count). The van der Waals surface area contributed by atoms with Crippen LogP contribution in [0.2, 0.25) is 0 Å². The largest absolute Gasteiger partial charge is 0.474 e. The van der Waals surface area contributed by atoms with Crippen molar-refractivity contribution in [1.82, 2.24) is 0 Å². The van der Waals surface area contributed by atoms with Crippen molar-refractivity contribution in [3.8, 4) is 0 Å². The highest BCUT2D eigenvalue weighted by atomic mass is 31.2. The first-order chi connectivity index (χ1) is 12.7. The Labute approximate surface area is 162 Å². The fourth-order valence-electron chi connectivity index (χ4n) is 2.63. The van der Waals surface area contributed by atoms with Crippen molar-refractivity contribution in [1.29, 1.82) is 0 Å². The van der Waals surface area contributed by atoms with E-state index in [1.165, 1.54) is 51.4 Å². The van der Waals surface area contributed by atoms with Gasteiger partial charge in [0.1, 0.15) is 0 Å². The van der Waals surface area contributed by atoms with Gasteiger partial charge in [0.2, 0.25) is 0 Å². The predicted molar refractivity (Wildman–Crippen MR) is 112 cm³/mol. The van der Waals surface area contributed by atoms with E-state index >= 15 is 0 Å². The molecule has 0 amide bonds. The van der Waals surface area contributed by atoms with Crippen molar-refractivity contribution in [3.63, 3.8) is 0 Å². The fraction of sp³-hybridized carbons (Fsp3) is 0.905. The summed E-state index contributed by atoms with van der Waals surface area (Å²) < 4.78 is 29.3. The Morgan fingerprint density at radius 1 is 0.654 bits per heavy atom. The molecule has 0 aromatic carbocycles. The third kappa shape index (κ3) is 17.3. The number of rotatable bonds is 20. The number of unbranched alkanes of at least 4 members (excludes halogenated alkanes) is 10. The van der Waals surface area contributed by atoms with Gasteiger partial charge in [-0.2, -0.15) is 0 Å². The average Bonchev–Trinajstić information content (AvgIpc) is 2.64. The Hall–Kier alpha value is -0.150. The molecule has 0 aliphatic heterocycles. The van der Waals surface area contributed by atoms with Crippen molar-refractivity contribution in [2.75, 3.05) is 19.8 Å². The normalized spacial score (nSPS) is 12.3. The zero-order valence-corrected chi connectivity index (χ0v) is 18.4.